The second kappa shape index (κ2) is 7.50. The van der Waals surface area contributed by atoms with Crippen LogP contribution in [0.4, 0.5) is 13.2 Å². The van der Waals surface area contributed by atoms with E-state index in [-0.39, 0.29) is 12.1 Å². The van der Waals surface area contributed by atoms with E-state index in [2.05, 4.69) is 18.8 Å². The minimum absolute atomic E-state index is 0.0252. The van der Waals surface area contributed by atoms with Gasteiger partial charge in [0.25, 0.3) is 0 Å². The maximum Gasteiger partial charge on any atom is 0.416 e. The van der Waals surface area contributed by atoms with Crippen LogP contribution in [-0.2, 0) is 13.0 Å². The molecular formula is C15H17ClF3N. The summed E-state index contributed by atoms with van der Waals surface area (Å²) in [4.78, 5) is 0. The third-order valence-corrected chi connectivity index (χ3v) is 3.20. The number of aryl methyl sites for hydroxylation is 1. The van der Waals surface area contributed by atoms with Gasteiger partial charge in [-0.2, -0.15) is 13.2 Å². The third-order valence-electron chi connectivity index (χ3n) is 2.94. The molecule has 0 aliphatic rings. The average molecular weight is 304 g/mol. The summed E-state index contributed by atoms with van der Waals surface area (Å²) in [7, 11) is 0. The summed E-state index contributed by atoms with van der Waals surface area (Å²) in [5.41, 5.74) is 2.18. The molecule has 1 aromatic carbocycles. The standard InChI is InChI=1S/C15H17ClF3N/c1-3-12-4-6-13(7-5-12)9-20-10-14(8-16)11(2)15(17,18)19/h4-8,20H,2-3,9-10H2,1H3/b14-8+. The Morgan fingerprint density at radius 3 is 2.25 bits per heavy atom. The molecular weight excluding hydrogens is 287 g/mol. The van der Waals surface area contributed by atoms with E-state index in [0.717, 1.165) is 17.5 Å². The van der Waals surface area contributed by atoms with Gasteiger partial charge in [-0.05, 0) is 23.1 Å². The van der Waals surface area contributed by atoms with Gasteiger partial charge >= 0.3 is 6.18 Å². The zero-order valence-electron chi connectivity index (χ0n) is 11.2. The van der Waals surface area contributed by atoms with Crippen LogP contribution in [0, 0.1) is 0 Å². The van der Waals surface area contributed by atoms with Crippen molar-refractivity contribution in [3.8, 4) is 0 Å². The van der Waals surface area contributed by atoms with Gasteiger partial charge in [0.1, 0.15) is 0 Å². The molecule has 0 saturated heterocycles. The minimum atomic E-state index is -4.45. The molecule has 0 radical (unpaired) electrons. The zero-order chi connectivity index (χ0) is 15.2. The van der Waals surface area contributed by atoms with Crippen molar-refractivity contribution >= 4 is 11.6 Å². The number of alkyl halides is 3. The normalized spacial score (nSPS) is 12.6. The van der Waals surface area contributed by atoms with Crippen LogP contribution in [0.25, 0.3) is 0 Å². The topological polar surface area (TPSA) is 12.0 Å². The Kier molecular flexibility index (Phi) is 6.30. The van der Waals surface area contributed by atoms with Crippen LogP contribution < -0.4 is 5.32 Å². The summed E-state index contributed by atoms with van der Waals surface area (Å²) in [5.74, 6) is 0. The largest absolute Gasteiger partial charge is 0.416 e. The van der Waals surface area contributed by atoms with Crippen molar-refractivity contribution in [2.75, 3.05) is 6.54 Å². The molecule has 1 aromatic rings. The first-order chi connectivity index (χ1) is 9.38. The summed E-state index contributed by atoms with van der Waals surface area (Å²) < 4.78 is 37.5. The molecule has 20 heavy (non-hydrogen) atoms. The predicted octanol–water partition coefficient (Wildman–Crippen LogP) is 4.58. The molecule has 0 aliphatic heterocycles. The molecule has 0 bridgehead atoms. The first-order valence-electron chi connectivity index (χ1n) is 6.22. The van der Waals surface area contributed by atoms with Crippen LogP contribution >= 0.6 is 11.6 Å². The van der Waals surface area contributed by atoms with Crippen molar-refractivity contribution in [1.29, 1.82) is 0 Å². The molecule has 0 amide bonds. The molecule has 0 spiro atoms. The lowest BCUT2D eigenvalue weighted by Gasteiger charge is -2.14. The maximum atomic E-state index is 12.5. The molecule has 1 nitrogen and oxygen atoms in total. The van der Waals surface area contributed by atoms with Gasteiger partial charge in [-0.3, -0.25) is 0 Å². The first kappa shape index (κ1) is 16.8. The van der Waals surface area contributed by atoms with Gasteiger partial charge in [0.15, 0.2) is 0 Å². The molecule has 0 saturated carbocycles. The molecule has 0 atom stereocenters. The lowest BCUT2D eigenvalue weighted by molar-refractivity contribution is -0.0890. The van der Waals surface area contributed by atoms with Crippen molar-refractivity contribution in [1.82, 2.24) is 5.32 Å². The van der Waals surface area contributed by atoms with Gasteiger partial charge < -0.3 is 5.32 Å². The van der Waals surface area contributed by atoms with E-state index < -0.39 is 11.7 Å². The lowest BCUT2D eigenvalue weighted by atomic mass is 10.1. The molecule has 0 aliphatic carbocycles. The molecule has 1 N–H and O–H groups in total. The van der Waals surface area contributed by atoms with Crippen molar-refractivity contribution in [3.63, 3.8) is 0 Å². The van der Waals surface area contributed by atoms with E-state index in [1.165, 1.54) is 5.56 Å². The fraction of sp³-hybridized carbons (Fsp3) is 0.333. The Labute approximate surface area is 122 Å². The minimum Gasteiger partial charge on any atom is -0.309 e. The number of benzene rings is 1. The van der Waals surface area contributed by atoms with Gasteiger partial charge in [0.05, 0.1) is 5.57 Å². The Bertz CT molecular complexity index is 475. The van der Waals surface area contributed by atoms with Gasteiger partial charge in [0.2, 0.25) is 0 Å². The molecule has 5 heteroatoms. The van der Waals surface area contributed by atoms with Gasteiger partial charge in [0, 0.05) is 18.6 Å². The molecule has 1 rings (SSSR count). The first-order valence-corrected chi connectivity index (χ1v) is 6.66. The highest BCUT2D eigenvalue weighted by Crippen LogP contribution is 2.29. The fourth-order valence-corrected chi connectivity index (χ4v) is 1.84. The van der Waals surface area contributed by atoms with E-state index in [1.54, 1.807) is 0 Å². The summed E-state index contributed by atoms with van der Waals surface area (Å²) in [6, 6.07) is 7.91. The molecule has 0 heterocycles. The number of hydrogen-bond donors (Lipinski definition) is 1. The van der Waals surface area contributed by atoms with E-state index >= 15 is 0 Å². The van der Waals surface area contributed by atoms with Crippen LogP contribution in [0.15, 0.2) is 47.5 Å². The average Bonchev–Trinajstić information content (AvgIpc) is 2.42. The molecule has 110 valence electrons. The summed E-state index contributed by atoms with van der Waals surface area (Å²) in [6.07, 6.45) is -3.50. The van der Waals surface area contributed by atoms with Crippen molar-refractivity contribution in [2.45, 2.75) is 26.1 Å². The summed E-state index contributed by atoms with van der Waals surface area (Å²) in [6.45, 7) is 5.59. The molecule has 0 aromatic heterocycles. The Hall–Kier alpha value is -1.26. The quantitative estimate of drug-likeness (QED) is 0.759. The second-order valence-electron chi connectivity index (χ2n) is 4.38. The number of hydrogen-bond acceptors (Lipinski definition) is 1. The molecule has 0 fully saturated rings. The van der Waals surface area contributed by atoms with E-state index in [4.69, 9.17) is 11.6 Å². The summed E-state index contributed by atoms with van der Waals surface area (Å²) >= 11 is 5.43. The van der Waals surface area contributed by atoms with E-state index in [0.29, 0.717) is 6.54 Å². The van der Waals surface area contributed by atoms with Crippen LogP contribution in [-0.4, -0.2) is 12.7 Å². The highest BCUT2D eigenvalue weighted by atomic mass is 35.5. The zero-order valence-corrected chi connectivity index (χ0v) is 12.0. The van der Waals surface area contributed by atoms with E-state index in [9.17, 15) is 13.2 Å². The van der Waals surface area contributed by atoms with Crippen LogP contribution in [0.2, 0.25) is 0 Å². The van der Waals surface area contributed by atoms with Gasteiger partial charge in [-0.1, -0.05) is 49.4 Å². The van der Waals surface area contributed by atoms with Gasteiger partial charge in [-0.25, -0.2) is 0 Å². The highest BCUT2D eigenvalue weighted by molar-refractivity contribution is 6.26. The van der Waals surface area contributed by atoms with Crippen LogP contribution in [0.5, 0.6) is 0 Å². The van der Waals surface area contributed by atoms with Crippen LogP contribution in [0.3, 0.4) is 0 Å². The van der Waals surface area contributed by atoms with Crippen LogP contribution in [0.1, 0.15) is 18.1 Å². The highest BCUT2D eigenvalue weighted by Gasteiger charge is 2.33. The summed E-state index contributed by atoms with van der Waals surface area (Å²) in [5, 5.41) is 2.93. The van der Waals surface area contributed by atoms with E-state index in [1.807, 2.05) is 24.3 Å². The Morgan fingerprint density at radius 2 is 1.80 bits per heavy atom. The smallest absolute Gasteiger partial charge is 0.309 e. The van der Waals surface area contributed by atoms with Crippen molar-refractivity contribution < 1.29 is 13.2 Å². The SMILES string of the molecule is C=C(/C(=C/Cl)CNCc1ccc(CC)cc1)C(F)(F)F. The second-order valence-corrected chi connectivity index (χ2v) is 4.60. The Morgan fingerprint density at radius 1 is 1.25 bits per heavy atom. The van der Waals surface area contributed by atoms with Crippen molar-refractivity contribution in [3.05, 3.63) is 58.7 Å². The number of rotatable bonds is 6. The fourth-order valence-electron chi connectivity index (χ4n) is 1.63. The monoisotopic (exact) mass is 303 g/mol. The Balaban J connectivity index is 2.52. The lowest BCUT2D eigenvalue weighted by Crippen LogP contribution is -2.22. The third kappa shape index (κ3) is 5.02. The predicted molar refractivity (Wildman–Crippen MR) is 76.7 cm³/mol. The number of halogens is 4. The maximum absolute atomic E-state index is 12.5. The number of nitrogens with one attached hydrogen (secondary N) is 1. The van der Waals surface area contributed by atoms with Crippen molar-refractivity contribution in [2.24, 2.45) is 0 Å². The van der Waals surface area contributed by atoms with Gasteiger partial charge in [-0.15, -0.1) is 0 Å². The molecule has 0 unspecified atom stereocenters.